The van der Waals surface area contributed by atoms with Crippen LogP contribution in [0.15, 0.2) is 29.3 Å². The summed E-state index contributed by atoms with van der Waals surface area (Å²) in [6, 6.07) is 9.41. The Kier molecular flexibility index (Phi) is 8.94. The van der Waals surface area contributed by atoms with E-state index >= 15 is 0 Å². The minimum Gasteiger partial charge on any atom is -0.344 e. The Labute approximate surface area is 192 Å². The fraction of sp³-hybridized carbons (Fsp3) is 0.667. The lowest BCUT2D eigenvalue weighted by Crippen LogP contribution is -2.45. The molecule has 4 nitrogen and oxygen atoms in total. The predicted molar refractivity (Wildman–Crippen MR) is 131 cm³/mol. The Morgan fingerprint density at radius 3 is 2.33 bits per heavy atom. The van der Waals surface area contributed by atoms with Gasteiger partial charge in [0.1, 0.15) is 0 Å². The predicted octanol–water partition coefficient (Wildman–Crippen LogP) is 6.18. The molecule has 3 fully saturated rings. The minimum atomic E-state index is 0. The van der Waals surface area contributed by atoms with Gasteiger partial charge in [0.05, 0.1) is 6.04 Å². The molecule has 1 atom stereocenters. The van der Waals surface area contributed by atoms with Crippen LogP contribution in [0.5, 0.6) is 0 Å². The molecule has 30 heavy (non-hydrogen) atoms. The molecule has 3 aliphatic rings. The van der Waals surface area contributed by atoms with Gasteiger partial charge in [-0.3, -0.25) is 9.79 Å². The quantitative estimate of drug-likeness (QED) is 0.583. The lowest BCUT2D eigenvalue weighted by atomic mass is 9.93. The zero-order valence-corrected chi connectivity index (χ0v) is 19.8. The van der Waals surface area contributed by atoms with Crippen molar-refractivity contribution in [3.8, 4) is 0 Å². The summed E-state index contributed by atoms with van der Waals surface area (Å²) in [5, 5.41) is 4.33. The number of amides is 1. The second-order valence-corrected chi connectivity index (χ2v) is 9.97. The average Bonchev–Trinajstić information content (AvgIpc) is 3.13. The van der Waals surface area contributed by atoms with Gasteiger partial charge in [-0.15, -0.1) is 12.4 Å². The van der Waals surface area contributed by atoms with Gasteiger partial charge in [-0.1, -0.05) is 68.0 Å². The van der Waals surface area contributed by atoms with E-state index in [0.717, 1.165) is 11.4 Å². The van der Waals surface area contributed by atoms with Gasteiger partial charge in [0, 0.05) is 29.9 Å². The topological polar surface area (TPSA) is 44.7 Å². The number of hydrogen-bond donors (Lipinski definition) is 1. The molecule has 2 aliphatic carbocycles. The van der Waals surface area contributed by atoms with Crippen molar-refractivity contribution in [2.75, 3.05) is 11.1 Å². The summed E-state index contributed by atoms with van der Waals surface area (Å²) in [4.78, 5) is 20.6. The molecule has 6 heteroatoms. The summed E-state index contributed by atoms with van der Waals surface area (Å²) in [6.07, 6.45) is 13.5. The Morgan fingerprint density at radius 1 is 1.03 bits per heavy atom. The Bertz CT molecular complexity index is 712. The lowest BCUT2D eigenvalue weighted by molar-refractivity contribution is -0.117. The fourth-order valence-corrected chi connectivity index (χ4v) is 6.28. The third-order valence-corrected chi connectivity index (χ3v) is 7.74. The number of carbonyl (C=O) groups is 1. The summed E-state index contributed by atoms with van der Waals surface area (Å²) in [7, 11) is 0. The summed E-state index contributed by atoms with van der Waals surface area (Å²) in [6.45, 7) is 2.07. The zero-order chi connectivity index (χ0) is 20.1. The molecular weight excluding hydrogens is 414 g/mol. The fourth-order valence-electron chi connectivity index (χ4n) is 4.99. The number of anilines is 1. The number of benzene rings is 1. The maximum Gasteiger partial charge on any atom is 0.226 e. The number of amidine groups is 1. The van der Waals surface area contributed by atoms with E-state index < -0.39 is 0 Å². The lowest BCUT2D eigenvalue weighted by Gasteiger charge is -2.37. The van der Waals surface area contributed by atoms with Crippen molar-refractivity contribution >= 4 is 40.9 Å². The Morgan fingerprint density at radius 2 is 1.67 bits per heavy atom. The van der Waals surface area contributed by atoms with E-state index in [4.69, 9.17) is 4.99 Å². The second kappa shape index (κ2) is 11.4. The molecule has 1 amide bonds. The first-order valence-electron chi connectivity index (χ1n) is 11.5. The van der Waals surface area contributed by atoms with Crippen LogP contribution in [0, 0.1) is 6.92 Å². The van der Waals surface area contributed by atoms with Crippen molar-refractivity contribution in [1.82, 2.24) is 4.90 Å². The van der Waals surface area contributed by atoms with Crippen LogP contribution in [0.2, 0.25) is 0 Å². The molecule has 0 radical (unpaired) electrons. The molecule has 1 saturated heterocycles. The van der Waals surface area contributed by atoms with Crippen molar-refractivity contribution in [1.29, 1.82) is 0 Å². The normalized spacial score (nSPS) is 24.6. The van der Waals surface area contributed by atoms with Gasteiger partial charge in [0.25, 0.3) is 0 Å². The monoisotopic (exact) mass is 449 g/mol. The zero-order valence-electron chi connectivity index (χ0n) is 18.1. The highest BCUT2D eigenvalue weighted by Crippen LogP contribution is 2.35. The van der Waals surface area contributed by atoms with Gasteiger partial charge >= 0.3 is 0 Å². The maximum absolute atomic E-state index is 12.8. The molecule has 4 rings (SSSR count). The highest BCUT2D eigenvalue weighted by Gasteiger charge is 2.37. The number of hydrogen-bond acceptors (Lipinski definition) is 3. The van der Waals surface area contributed by atoms with E-state index in [1.54, 1.807) is 0 Å². The first-order valence-corrected chi connectivity index (χ1v) is 12.5. The van der Waals surface area contributed by atoms with Gasteiger partial charge in [-0.05, 0) is 44.7 Å². The molecule has 166 valence electrons. The molecule has 1 aromatic carbocycles. The van der Waals surface area contributed by atoms with Gasteiger partial charge in [0.2, 0.25) is 5.91 Å². The van der Waals surface area contributed by atoms with Crippen LogP contribution < -0.4 is 5.32 Å². The van der Waals surface area contributed by atoms with E-state index in [0.29, 0.717) is 18.5 Å². The highest BCUT2D eigenvalue weighted by atomic mass is 35.5. The van der Waals surface area contributed by atoms with E-state index in [1.807, 2.05) is 36.0 Å². The summed E-state index contributed by atoms with van der Waals surface area (Å²) in [5.41, 5.74) is 2.11. The van der Waals surface area contributed by atoms with Crippen LogP contribution in [0.3, 0.4) is 0 Å². The van der Waals surface area contributed by atoms with Crippen molar-refractivity contribution < 1.29 is 4.79 Å². The molecule has 0 aromatic heterocycles. The minimum absolute atomic E-state index is 0. The summed E-state index contributed by atoms with van der Waals surface area (Å²) in [5.74, 6) is 1.11. The third-order valence-electron chi connectivity index (χ3n) is 6.61. The smallest absolute Gasteiger partial charge is 0.226 e. The van der Waals surface area contributed by atoms with Crippen LogP contribution in [0.4, 0.5) is 5.69 Å². The van der Waals surface area contributed by atoms with Crippen LogP contribution in [-0.2, 0) is 4.79 Å². The van der Waals surface area contributed by atoms with Crippen molar-refractivity contribution in [2.24, 2.45) is 4.99 Å². The van der Waals surface area contributed by atoms with Crippen molar-refractivity contribution in [2.45, 2.75) is 95.7 Å². The SMILES string of the molecule is Cc1ccc(NC(=O)CC2CSC(=NC3CCCCC3)N2C2CCCCC2)cc1.Cl. The number of thioether (sulfide) groups is 1. The number of aryl methyl sites for hydroxylation is 1. The molecule has 1 heterocycles. The molecule has 1 N–H and O–H groups in total. The number of nitrogens with zero attached hydrogens (tertiary/aromatic N) is 2. The summed E-state index contributed by atoms with van der Waals surface area (Å²) >= 11 is 1.89. The van der Waals surface area contributed by atoms with Gasteiger partial charge < -0.3 is 10.2 Å². The number of aliphatic imine (C=N–C) groups is 1. The number of carbonyl (C=O) groups excluding carboxylic acids is 1. The van der Waals surface area contributed by atoms with Crippen molar-refractivity contribution in [3.63, 3.8) is 0 Å². The van der Waals surface area contributed by atoms with Crippen LogP contribution in [0.1, 0.15) is 76.2 Å². The number of rotatable bonds is 5. The molecule has 0 bridgehead atoms. The van der Waals surface area contributed by atoms with E-state index in [-0.39, 0.29) is 24.4 Å². The van der Waals surface area contributed by atoms with Crippen LogP contribution >= 0.6 is 24.2 Å². The van der Waals surface area contributed by atoms with Crippen LogP contribution in [-0.4, -0.2) is 39.9 Å². The van der Waals surface area contributed by atoms with E-state index in [2.05, 4.69) is 17.1 Å². The number of nitrogens with one attached hydrogen (secondary N) is 1. The first-order chi connectivity index (χ1) is 14.2. The molecule has 1 unspecified atom stereocenters. The molecule has 1 aromatic rings. The van der Waals surface area contributed by atoms with Gasteiger partial charge in [-0.2, -0.15) is 0 Å². The summed E-state index contributed by atoms with van der Waals surface area (Å²) < 4.78 is 0. The molecular formula is C24H36ClN3OS. The average molecular weight is 450 g/mol. The Hall–Kier alpha value is -1.20. The molecule has 0 spiro atoms. The van der Waals surface area contributed by atoms with Gasteiger partial charge in [-0.25, -0.2) is 0 Å². The second-order valence-electron chi connectivity index (χ2n) is 8.99. The Balaban J connectivity index is 0.00000256. The van der Waals surface area contributed by atoms with Crippen LogP contribution in [0.25, 0.3) is 0 Å². The number of halogens is 1. The molecule has 2 saturated carbocycles. The maximum atomic E-state index is 12.8. The standard InChI is InChI=1S/C24H35N3OS.ClH/c1-18-12-14-20(15-13-18)25-23(28)16-22-17-29-24(26-19-8-4-2-5-9-19)27(22)21-10-6-3-7-11-21;/h12-15,19,21-22H,2-11,16-17H2,1H3,(H,25,28);1H. The van der Waals surface area contributed by atoms with Crippen molar-refractivity contribution in [3.05, 3.63) is 29.8 Å². The highest BCUT2D eigenvalue weighted by molar-refractivity contribution is 8.14. The largest absolute Gasteiger partial charge is 0.344 e. The van der Waals surface area contributed by atoms with E-state index in [1.165, 1.54) is 74.9 Å². The molecule has 1 aliphatic heterocycles. The third kappa shape index (κ3) is 6.16. The first kappa shape index (κ1) is 23.5. The van der Waals surface area contributed by atoms with E-state index in [9.17, 15) is 4.79 Å². The van der Waals surface area contributed by atoms with Gasteiger partial charge in [0.15, 0.2) is 5.17 Å².